The average Bonchev–Trinajstić information content (AvgIpc) is 3.05. The fourth-order valence-corrected chi connectivity index (χ4v) is 2.78. The molecule has 0 fully saturated rings. The molecule has 1 unspecified atom stereocenters. The van der Waals surface area contributed by atoms with Gasteiger partial charge in [-0.05, 0) is 39.8 Å². The lowest BCUT2D eigenvalue weighted by molar-refractivity contribution is -0.120. The van der Waals surface area contributed by atoms with Crippen LogP contribution in [-0.4, -0.2) is 32.0 Å². The Kier molecular flexibility index (Phi) is 5.06. The van der Waals surface area contributed by atoms with Crippen molar-refractivity contribution < 1.29 is 9.21 Å². The SMILES string of the molecule is CCn1c(SC(C)C(=O)NC(C)C)nnc1-c1ccco1. The summed E-state index contributed by atoms with van der Waals surface area (Å²) in [6.07, 6.45) is 1.61. The molecule has 0 spiro atoms. The van der Waals surface area contributed by atoms with Crippen molar-refractivity contribution in [1.82, 2.24) is 20.1 Å². The third-order valence-corrected chi connectivity index (χ3v) is 3.94. The molecule has 0 saturated carbocycles. The second kappa shape index (κ2) is 6.80. The van der Waals surface area contributed by atoms with Gasteiger partial charge in [-0.2, -0.15) is 0 Å². The standard InChI is InChI=1S/C14H20N4O2S/c1-5-18-12(11-7-6-8-20-11)16-17-14(18)21-10(4)13(19)15-9(2)3/h6-10H,5H2,1-4H3,(H,15,19). The van der Waals surface area contributed by atoms with Crippen LogP contribution in [-0.2, 0) is 11.3 Å². The Morgan fingerprint density at radius 3 is 2.76 bits per heavy atom. The molecule has 0 radical (unpaired) electrons. The van der Waals surface area contributed by atoms with Crippen LogP contribution in [0.15, 0.2) is 28.0 Å². The van der Waals surface area contributed by atoms with Gasteiger partial charge >= 0.3 is 0 Å². The van der Waals surface area contributed by atoms with Crippen molar-refractivity contribution in [3.05, 3.63) is 18.4 Å². The molecule has 2 heterocycles. The van der Waals surface area contributed by atoms with Gasteiger partial charge in [0.25, 0.3) is 0 Å². The van der Waals surface area contributed by atoms with E-state index in [0.717, 1.165) is 5.16 Å². The summed E-state index contributed by atoms with van der Waals surface area (Å²) in [6, 6.07) is 3.79. The Balaban J connectivity index is 2.16. The molecule has 1 amide bonds. The number of amides is 1. The number of hydrogen-bond donors (Lipinski definition) is 1. The van der Waals surface area contributed by atoms with Crippen LogP contribution in [0.2, 0.25) is 0 Å². The van der Waals surface area contributed by atoms with Crippen molar-refractivity contribution >= 4 is 17.7 Å². The highest BCUT2D eigenvalue weighted by Crippen LogP contribution is 2.26. The monoisotopic (exact) mass is 308 g/mol. The van der Waals surface area contributed by atoms with E-state index in [2.05, 4.69) is 15.5 Å². The van der Waals surface area contributed by atoms with Crippen molar-refractivity contribution in [1.29, 1.82) is 0 Å². The van der Waals surface area contributed by atoms with Gasteiger partial charge in [-0.15, -0.1) is 10.2 Å². The van der Waals surface area contributed by atoms with Gasteiger partial charge in [-0.1, -0.05) is 11.8 Å². The van der Waals surface area contributed by atoms with Crippen molar-refractivity contribution in [2.75, 3.05) is 0 Å². The van der Waals surface area contributed by atoms with Crippen LogP contribution in [0.1, 0.15) is 27.7 Å². The van der Waals surface area contributed by atoms with Crippen molar-refractivity contribution in [3.8, 4) is 11.6 Å². The van der Waals surface area contributed by atoms with Gasteiger partial charge < -0.3 is 9.73 Å². The third-order valence-electron chi connectivity index (χ3n) is 2.86. The number of nitrogens with zero attached hydrogens (tertiary/aromatic N) is 3. The number of carbonyl (C=O) groups is 1. The molecule has 2 aromatic rings. The van der Waals surface area contributed by atoms with Crippen LogP contribution < -0.4 is 5.32 Å². The number of carbonyl (C=O) groups excluding carboxylic acids is 1. The summed E-state index contributed by atoms with van der Waals surface area (Å²) in [4.78, 5) is 12.0. The van der Waals surface area contributed by atoms with E-state index in [1.807, 2.05) is 44.4 Å². The maximum atomic E-state index is 12.0. The minimum absolute atomic E-state index is 0.000187. The third kappa shape index (κ3) is 3.66. The highest BCUT2D eigenvalue weighted by Gasteiger charge is 2.21. The van der Waals surface area contributed by atoms with E-state index < -0.39 is 0 Å². The van der Waals surface area contributed by atoms with Crippen LogP contribution in [0.25, 0.3) is 11.6 Å². The maximum Gasteiger partial charge on any atom is 0.233 e. The molecule has 2 rings (SSSR count). The predicted octanol–water partition coefficient (Wildman–Crippen LogP) is 2.56. The lowest BCUT2D eigenvalue weighted by atomic mass is 10.3. The van der Waals surface area contributed by atoms with Gasteiger partial charge in [0.15, 0.2) is 16.7 Å². The minimum atomic E-state index is -0.230. The highest BCUT2D eigenvalue weighted by atomic mass is 32.2. The zero-order chi connectivity index (χ0) is 15.4. The first-order valence-corrected chi connectivity index (χ1v) is 7.85. The molecule has 0 aliphatic carbocycles. The lowest BCUT2D eigenvalue weighted by Crippen LogP contribution is -2.36. The molecule has 1 N–H and O–H groups in total. The van der Waals surface area contributed by atoms with E-state index in [4.69, 9.17) is 4.42 Å². The van der Waals surface area contributed by atoms with Gasteiger partial charge in [0.05, 0.1) is 11.5 Å². The fourth-order valence-electron chi connectivity index (χ4n) is 1.86. The first-order valence-electron chi connectivity index (χ1n) is 6.97. The molecule has 0 saturated heterocycles. The quantitative estimate of drug-likeness (QED) is 0.830. The van der Waals surface area contributed by atoms with Crippen molar-refractivity contribution in [2.24, 2.45) is 0 Å². The lowest BCUT2D eigenvalue weighted by Gasteiger charge is -2.14. The van der Waals surface area contributed by atoms with Crippen LogP contribution in [0.4, 0.5) is 0 Å². The Labute approximate surface area is 128 Å². The van der Waals surface area contributed by atoms with Crippen LogP contribution in [0.5, 0.6) is 0 Å². The number of thioether (sulfide) groups is 1. The van der Waals surface area contributed by atoms with Crippen molar-refractivity contribution in [2.45, 2.75) is 50.7 Å². The first kappa shape index (κ1) is 15.6. The molecule has 6 nitrogen and oxygen atoms in total. The number of nitrogens with one attached hydrogen (secondary N) is 1. The molecule has 2 aromatic heterocycles. The molecule has 0 aromatic carbocycles. The van der Waals surface area contributed by atoms with E-state index in [-0.39, 0.29) is 17.2 Å². The summed E-state index contributed by atoms with van der Waals surface area (Å²) in [5.41, 5.74) is 0. The number of furan rings is 1. The number of hydrogen-bond acceptors (Lipinski definition) is 5. The zero-order valence-electron chi connectivity index (χ0n) is 12.7. The molecule has 1 atom stereocenters. The molecular weight excluding hydrogens is 288 g/mol. The predicted molar refractivity (Wildman–Crippen MR) is 82.0 cm³/mol. The molecule has 0 bridgehead atoms. The number of rotatable bonds is 6. The minimum Gasteiger partial charge on any atom is -0.461 e. The summed E-state index contributed by atoms with van der Waals surface area (Å²) in [5.74, 6) is 1.36. The Morgan fingerprint density at radius 2 is 2.19 bits per heavy atom. The smallest absolute Gasteiger partial charge is 0.233 e. The molecule has 0 aliphatic rings. The Hall–Kier alpha value is -1.76. The molecule has 7 heteroatoms. The normalized spacial score (nSPS) is 12.6. The van der Waals surface area contributed by atoms with E-state index in [0.29, 0.717) is 18.1 Å². The van der Waals surface area contributed by atoms with Gasteiger partial charge in [-0.25, -0.2) is 0 Å². The number of aromatic nitrogens is 3. The Morgan fingerprint density at radius 1 is 1.43 bits per heavy atom. The molecule has 114 valence electrons. The van der Waals surface area contributed by atoms with E-state index in [9.17, 15) is 4.79 Å². The maximum absolute atomic E-state index is 12.0. The summed E-state index contributed by atoms with van der Waals surface area (Å²) in [5, 5.41) is 11.7. The van der Waals surface area contributed by atoms with E-state index >= 15 is 0 Å². The van der Waals surface area contributed by atoms with Crippen molar-refractivity contribution in [3.63, 3.8) is 0 Å². The first-order chi connectivity index (χ1) is 10.0. The van der Waals surface area contributed by atoms with Gasteiger partial charge in [0.1, 0.15) is 0 Å². The second-order valence-electron chi connectivity index (χ2n) is 4.95. The van der Waals surface area contributed by atoms with Gasteiger partial charge in [0, 0.05) is 12.6 Å². The van der Waals surface area contributed by atoms with Gasteiger partial charge in [-0.3, -0.25) is 9.36 Å². The topological polar surface area (TPSA) is 73.0 Å². The summed E-state index contributed by atoms with van der Waals surface area (Å²) in [6.45, 7) is 8.48. The average molecular weight is 308 g/mol. The molecular formula is C14H20N4O2S. The molecule has 0 aliphatic heterocycles. The fraction of sp³-hybridized carbons (Fsp3) is 0.500. The van der Waals surface area contributed by atoms with Crippen LogP contribution >= 0.6 is 11.8 Å². The van der Waals surface area contributed by atoms with Gasteiger partial charge in [0.2, 0.25) is 5.91 Å². The largest absolute Gasteiger partial charge is 0.461 e. The zero-order valence-corrected chi connectivity index (χ0v) is 13.5. The van der Waals surface area contributed by atoms with E-state index in [1.54, 1.807) is 6.26 Å². The Bertz CT molecular complexity index is 592. The summed E-state index contributed by atoms with van der Waals surface area (Å²) >= 11 is 1.40. The molecule has 21 heavy (non-hydrogen) atoms. The van der Waals surface area contributed by atoms with Crippen LogP contribution in [0.3, 0.4) is 0 Å². The second-order valence-corrected chi connectivity index (χ2v) is 6.26. The highest BCUT2D eigenvalue weighted by molar-refractivity contribution is 8.00. The van der Waals surface area contributed by atoms with Crippen LogP contribution in [0, 0.1) is 0 Å². The summed E-state index contributed by atoms with van der Waals surface area (Å²) < 4.78 is 7.32. The van der Waals surface area contributed by atoms with E-state index in [1.165, 1.54) is 11.8 Å². The summed E-state index contributed by atoms with van der Waals surface area (Å²) in [7, 11) is 0.